The number of hydrogen-bond acceptors (Lipinski definition) is 3. The number of hydrogen-bond donors (Lipinski definition) is 1. The van der Waals surface area contributed by atoms with Crippen molar-refractivity contribution in [3.63, 3.8) is 0 Å². The first-order chi connectivity index (χ1) is 8.65. The molecule has 1 aromatic rings. The van der Waals surface area contributed by atoms with Gasteiger partial charge in [0, 0.05) is 43.8 Å². The van der Waals surface area contributed by atoms with E-state index in [1.807, 2.05) is 12.1 Å². The molecule has 1 unspecified atom stereocenters. The van der Waals surface area contributed by atoms with Gasteiger partial charge in [-0.25, -0.2) is 0 Å². The van der Waals surface area contributed by atoms with Gasteiger partial charge in [-0.15, -0.1) is 0 Å². The lowest BCUT2D eigenvalue weighted by Crippen LogP contribution is -2.53. The van der Waals surface area contributed by atoms with Crippen LogP contribution in [-0.2, 0) is 6.54 Å². The molecule has 1 fully saturated rings. The fraction of sp³-hybridized carbons (Fsp3) is 0.571. The van der Waals surface area contributed by atoms with Crippen LogP contribution < -0.4 is 5.32 Å². The summed E-state index contributed by atoms with van der Waals surface area (Å²) in [5, 5.41) is 4.33. The van der Waals surface area contributed by atoms with Crippen LogP contribution >= 0.6 is 11.6 Å². The van der Waals surface area contributed by atoms with E-state index in [2.05, 4.69) is 41.3 Å². The molecule has 2 rings (SSSR count). The summed E-state index contributed by atoms with van der Waals surface area (Å²) >= 11 is 5.87. The van der Waals surface area contributed by atoms with Gasteiger partial charge in [-0.1, -0.05) is 23.7 Å². The number of rotatable bonds is 4. The zero-order chi connectivity index (χ0) is 13.0. The molecule has 1 aromatic carbocycles. The minimum atomic E-state index is 0.607. The Morgan fingerprint density at radius 1 is 1.22 bits per heavy atom. The third-order valence-electron chi connectivity index (χ3n) is 3.60. The van der Waals surface area contributed by atoms with Crippen LogP contribution in [0.5, 0.6) is 0 Å². The molecule has 1 saturated heterocycles. The lowest BCUT2D eigenvalue weighted by Gasteiger charge is -2.37. The van der Waals surface area contributed by atoms with Gasteiger partial charge in [0.05, 0.1) is 0 Å². The van der Waals surface area contributed by atoms with E-state index in [-0.39, 0.29) is 0 Å². The Labute approximate surface area is 115 Å². The second-order valence-electron chi connectivity index (χ2n) is 5.15. The van der Waals surface area contributed by atoms with E-state index < -0.39 is 0 Å². The summed E-state index contributed by atoms with van der Waals surface area (Å²) in [5.74, 6) is 0. The highest BCUT2D eigenvalue weighted by molar-refractivity contribution is 6.30. The van der Waals surface area contributed by atoms with E-state index in [1.165, 1.54) is 12.1 Å². The minimum absolute atomic E-state index is 0.607. The highest BCUT2D eigenvalue weighted by Gasteiger charge is 2.21. The summed E-state index contributed by atoms with van der Waals surface area (Å²) < 4.78 is 0. The molecule has 0 spiro atoms. The Morgan fingerprint density at radius 2 is 1.94 bits per heavy atom. The van der Waals surface area contributed by atoms with Crippen LogP contribution in [0.15, 0.2) is 24.3 Å². The Kier molecular flexibility index (Phi) is 5.01. The van der Waals surface area contributed by atoms with Crippen molar-refractivity contribution < 1.29 is 0 Å². The molecule has 0 radical (unpaired) electrons. The molecule has 1 aliphatic heterocycles. The van der Waals surface area contributed by atoms with Crippen LogP contribution in [0.4, 0.5) is 0 Å². The third-order valence-corrected chi connectivity index (χ3v) is 3.85. The average molecular weight is 268 g/mol. The molecule has 4 heteroatoms. The van der Waals surface area contributed by atoms with E-state index in [9.17, 15) is 0 Å². The molecule has 1 aliphatic rings. The van der Waals surface area contributed by atoms with Gasteiger partial charge >= 0.3 is 0 Å². The number of piperazine rings is 1. The number of nitrogens with one attached hydrogen (secondary N) is 1. The molecule has 100 valence electrons. The monoisotopic (exact) mass is 267 g/mol. The maximum atomic E-state index is 5.87. The zero-order valence-electron chi connectivity index (χ0n) is 11.2. The van der Waals surface area contributed by atoms with Crippen molar-refractivity contribution in [3.05, 3.63) is 34.9 Å². The summed E-state index contributed by atoms with van der Waals surface area (Å²) in [6, 6.07) is 8.65. The molecule has 0 aromatic heterocycles. The first-order valence-electron chi connectivity index (χ1n) is 6.49. The van der Waals surface area contributed by atoms with E-state index in [4.69, 9.17) is 11.6 Å². The van der Waals surface area contributed by atoms with Crippen molar-refractivity contribution in [1.82, 2.24) is 15.1 Å². The Morgan fingerprint density at radius 3 is 2.67 bits per heavy atom. The quantitative estimate of drug-likeness (QED) is 0.896. The van der Waals surface area contributed by atoms with E-state index >= 15 is 0 Å². The van der Waals surface area contributed by atoms with Crippen molar-refractivity contribution in [2.24, 2.45) is 0 Å². The molecule has 1 N–H and O–H groups in total. The molecule has 0 saturated carbocycles. The minimum Gasteiger partial charge on any atom is -0.311 e. The molecule has 0 amide bonds. The summed E-state index contributed by atoms with van der Waals surface area (Å²) in [6.07, 6.45) is 0. The van der Waals surface area contributed by atoms with Crippen LogP contribution in [0.1, 0.15) is 5.56 Å². The fourth-order valence-corrected chi connectivity index (χ4v) is 2.43. The third kappa shape index (κ3) is 3.95. The maximum absolute atomic E-state index is 5.87. The number of nitrogens with zero attached hydrogens (tertiary/aromatic N) is 2. The largest absolute Gasteiger partial charge is 0.311 e. The molecular formula is C14H22ClN3. The standard InChI is InChI=1S/C14H22ClN3/c1-17-7-8-18(2)14(11-17)10-16-9-12-3-5-13(15)6-4-12/h3-6,14,16H,7-11H2,1-2H3. The second-order valence-corrected chi connectivity index (χ2v) is 5.59. The highest BCUT2D eigenvalue weighted by atomic mass is 35.5. The molecular weight excluding hydrogens is 246 g/mol. The predicted octanol–water partition coefficient (Wildman–Crippen LogP) is 1.68. The van der Waals surface area contributed by atoms with Gasteiger partial charge < -0.3 is 10.2 Å². The van der Waals surface area contributed by atoms with E-state index in [0.29, 0.717) is 6.04 Å². The van der Waals surface area contributed by atoms with Gasteiger partial charge in [-0.3, -0.25) is 4.90 Å². The summed E-state index contributed by atoms with van der Waals surface area (Å²) in [4.78, 5) is 4.84. The Hall–Kier alpha value is -0.610. The van der Waals surface area contributed by atoms with Crippen LogP contribution in [0, 0.1) is 0 Å². The average Bonchev–Trinajstić information content (AvgIpc) is 2.36. The number of halogens is 1. The molecule has 1 atom stereocenters. The van der Waals surface area contributed by atoms with Gasteiger partial charge in [-0.2, -0.15) is 0 Å². The van der Waals surface area contributed by atoms with Crippen molar-refractivity contribution in [3.8, 4) is 0 Å². The maximum Gasteiger partial charge on any atom is 0.0406 e. The highest BCUT2D eigenvalue weighted by Crippen LogP contribution is 2.09. The Bertz CT molecular complexity index is 366. The first-order valence-corrected chi connectivity index (χ1v) is 6.87. The van der Waals surface area contributed by atoms with Crippen LogP contribution in [0.2, 0.25) is 5.02 Å². The normalized spacial score (nSPS) is 22.3. The summed E-state index contributed by atoms with van der Waals surface area (Å²) in [7, 11) is 4.40. The number of likely N-dealkylation sites (N-methyl/N-ethyl adjacent to an activating group) is 2. The van der Waals surface area contributed by atoms with Gasteiger partial charge in [0.1, 0.15) is 0 Å². The van der Waals surface area contributed by atoms with Crippen molar-refractivity contribution in [2.75, 3.05) is 40.3 Å². The molecule has 0 bridgehead atoms. The van der Waals surface area contributed by atoms with Crippen molar-refractivity contribution in [1.29, 1.82) is 0 Å². The van der Waals surface area contributed by atoms with Gasteiger partial charge in [0.2, 0.25) is 0 Å². The fourth-order valence-electron chi connectivity index (χ4n) is 2.31. The van der Waals surface area contributed by atoms with Crippen LogP contribution in [-0.4, -0.2) is 56.1 Å². The molecule has 0 aliphatic carbocycles. The van der Waals surface area contributed by atoms with Crippen LogP contribution in [0.25, 0.3) is 0 Å². The molecule has 3 nitrogen and oxygen atoms in total. The summed E-state index contributed by atoms with van der Waals surface area (Å²) in [5.41, 5.74) is 1.28. The molecule has 18 heavy (non-hydrogen) atoms. The predicted molar refractivity (Wildman–Crippen MR) is 77.1 cm³/mol. The smallest absolute Gasteiger partial charge is 0.0406 e. The Balaban J connectivity index is 1.76. The lowest BCUT2D eigenvalue weighted by atomic mass is 10.1. The van der Waals surface area contributed by atoms with Crippen molar-refractivity contribution in [2.45, 2.75) is 12.6 Å². The molecule has 1 heterocycles. The van der Waals surface area contributed by atoms with E-state index in [0.717, 1.165) is 31.2 Å². The van der Waals surface area contributed by atoms with Crippen LogP contribution in [0.3, 0.4) is 0 Å². The first kappa shape index (κ1) is 13.8. The van der Waals surface area contributed by atoms with Crippen molar-refractivity contribution >= 4 is 11.6 Å². The summed E-state index contributed by atoms with van der Waals surface area (Å²) in [6.45, 7) is 5.41. The zero-order valence-corrected chi connectivity index (χ0v) is 12.0. The van der Waals surface area contributed by atoms with E-state index in [1.54, 1.807) is 0 Å². The SMILES string of the molecule is CN1CCN(C)C(CNCc2ccc(Cl)cc2)C1. The lowest BCUT2D eigenvalue weighted by molar-refractivity contribution is 0.113. The van der Waals surface area contributed by atoms with Gasteiger partial charge in [0.15, 0.2) is 0 Å². The number of benzene rings is 1. The second kappa shape index (κ2) is 6.53. The topological polar surface area (TPSA) is 18.5 Å². The van der Waals surface area contributed by atoms with Gasteiger partial charge in [-0.05, 0) is 31.8 Å². The van der Waals surface area contributed by atoms with Gasteiger partial charge in [0.25, 0.3) is 0 Å².